The molecule has 0 saturated heterocycles. The van der Waals surface area contributed by atoms with E-state index in [0.29, 0.717) is 5.70 Å². The molecular formula is C17H19F3N2O4. The van der Waals surface area contributed by atoms with Gasteiger partial charge in [0.05, 0.1) is 23.8 Å². The van der Waals surface area contributed by atoms with Gasteiger partial charge in [-0.15, -0.1) is 0 Å². The average molecular weight is 372 g/mol. The highest BCUT2D eigenvalue weighted by Gasteiger charge is 2.37. The Balaban J connectivity index is 2.44. The number of benzene rings is 1. The second-order valence-electron chi connectivity index (χ2n) is 5.69. The number of hydrogen-bond donors (Lipinski definition) is 1. The number of carbonyl (C=O) groups is 2. The summed E-state index contributed by atoms with van der Waals surface area (Å²) in [5, 5.41) is 2.54. The molecule has 0 unspecified atom stereocenters. The molecule has 0 radical (unpaired) electrons. The summed E-state index contributed by atoms with van der Waals surface area (Å²) in [6, 6.07) is 2.90. The van der Waals surface area contributed by atoms with E-state index >= 15 is 0 Å². The van der Waals surface area contributed by atoms with Gasteiger partial charge in [-0.05, 0) is 24.6 Å². The van der Waals surface area contributed by atoms with E-state index in [4.69, 9.17) is 9.47 Å². The van der Waals surface area contributed by atoms with E-state index in [2.05, 4.69) is 5.32 Å². The largest absolute Gasteiger partial charge is 0.460 e. The van der Waals surface area contributed by atoms with E-state index in [-0.39, 0.29) is 24.4 Å². The molecule has 6 nitrogen and oxygen atoms in total. The number of esters is 1. The number of ether oxygens (including phenoxy) is 2. The van der Waals surface area contributed by atoms with Crippen LogP contribution in [-0.4, -0.2) is 44.3 Å². The first-order valence-corrected chi connectivity index (χ1v) is 7.75. The Bertz CT molecular complexity index is 731. The molecule has 1 aliphatic rings. The maximum Gasteiger partial charge on any atom is 0.416 e. The lowest BCUT2D eigenvalue weighted by Gasteiger charge is -2.33. The second kappa shape index (κ2) is 7.77. The third kappa shape index (κ3) is 4.16. The third-order valence-electron chi connectivity index (χ3n) is 4.04. The van der Waals surface area contributed by atoms with Gasteiger partial charge in [-0.1, -0.05) is 12.1 Å². The minimum atomic E-state index is -4.54. The van der Waals surface area contributed by atoms with E-state index in [0.717, 1.165) is 12.1 Å². The van der Waals surface area contributed by atoms with E-state index in [9.17, 15) is 22.8 Å². The van der Waals surface area contributed by atoms with Crippen LogP contribution in [0.15, 0.2) is 35.5 Å². The predicted molar refractivity (Wildman–Crippen MR) is 86.0 cm³/mol. The van der Waals surface area contributed by atoms with Gasteiger partial charge in [-0.3, -0.25) is 0 Å². The van der Waals surface area contributed by atoms with Crippen LogP contribution < -0.4 is 5.32 Å². The number of amides is 2. The average Bonchev–Trinajstić information content (AvgIpc) is 2.58. The molecule has 1 heterocycles. The van der Waals surface area contributed by atoms with Gasteiger partial charge < -0.3 is 19.7 Å². The van der Waals surface area contributed by atoms with E-state index in [1.54, 1.807) is 0 Å². The molecular weight excluding hydrogens is 353 g/mol. The number of hydrogen-bond acceptors (Lipinski definition) is 4. The SMILES string of the molecule is COCCOC(=O)C1=C(C)N(C)C(=O)N[C@@H]1c1cccc(C(F)(F)F)c1. The highest BCUT2D eigenvalue weighted by molar-refractivity contribution is 5.95. The molecule has 9 heteroatoms. The zero-order chi connectivity index (χ0) is 19.5. The molecule has 142 valence electrons. The molecule has 26 heavy (non-hydrogen) atoms. The van der Waals surface area contributed by atoms with Crippen molar-refractivity contribution in [1.82, 2.24) is 10.2 Å². The van der Waals surface area contributed by atoms with Crippen molar-refractivity contribution in [3.8, 4) is 0 Å². The van der Waals surface area contributed by atoms with Gasteiger partial charge in [0, 0.05) is 19.9 Å². The highest BCUT2D eigenvalue weighted by Crippen LogP contribution is 2.35. The summed E-state index contributed by atoms with van der Waals surface area (Å²) in [5.41, 5.74) is -0.353. The number of carbonyl (C=O) groups excluding carboxylic acids is 2. The van der Waals surface area contributed by atoms with Crippen LogP contribution in [0, 0.1) is 0 Å². The molecule has 0 saturated carbocycles. The van der Waals surface area contributed by atoms with Crippen molar-refractivity contribution in [2.45, 2.75) is 19.1 Å². The minimum absolute atomic E-state index is 0.0148. The number of halogens is 3. The van der Waals surface area contributed by atoms with Gasteiger partial charge in [0.1, 0.15) is 6.61 Å². The molecule has 0 aliphatic carbocycles. The molecule has 0 spiro atoms. The Labute approximate surface area is 148 Å². The van der Waals surface area contributed by atoms with Gasteiger partial charge in [-0.25, -0.2) is 9.59 Å². The van der Waals surface area contributed by atoms with E-state index in [1.807, 2.05) is 0 Å². The summed E-state index contributed by atoms with van der Waals surface area (Å²) < 4.78 is 48.9. The zero-order valence-corrected chi connectivity index (χ0v) is 14.5. The van der Waals surface area contributed by atoms with Crippen LogP contribution in [-0.2, 0) is 20.4 Å². The third-order valence-corrected chi connectivity index (χ3v) is 4.04. The van der Waals surface area contributed by atoms with Gasteiger partial charge in [0.25, 0.3) is 0 Å². The Morgan fingerprint density at radius 3 is 2.62 bits per heavy atom. The first-order chi connectivity index (χ1) is 12.2. The molecule has 0 bridgehead atoms. The lowest BCUT2D eigenvalue weighted by molar-refractivity contribution is -0.141. The molecule has 1 aromatic carbocycles. The monoisotopic (exact) mass is 372 g/mol. The van der Waals surface area contributed by atoms with Crippen LogP contribution in [0.25, 0.3) is 0 Å². The number of rotatable bonds is 5. The van der Waals surface area contributed by atoms with Crippen molar-refractivity contribution in [2.24, 2.45) is 0 Å². The molecule has 1 aromatic rings. The summed E-state index contributed by atoms with van der Waals surface area (Å²) in [4.78, 5) is 25.8. The van der Waals surface area contributed by atoms with Crippen LogP contribution in [0.2, 0.25) is 0 Å². The smallest absolute Gasteiger partial charge is 0.416 e. The number of urea groups is 1. The topological polar surface area (TPSA) is 67.9 Å². The van der Waals surface area contributed by atoms with Gasteiger partial charge in [0.2, 0.25) is 0 Å². The van der Waals surface area contributed by atoms with Crippen LogP contribution in [0.4, 0.5) is 18.0 Å². The standard InChI is InChI=1S/C17H19F3N2O4/c1-10-13(15(23)26-8-7-25-3)14(21-16(24)22(10)2)11-5-4-6-12(9-11)17(18,19)20/h4-6,9,14H,7-8H2,1-3H3,(H,21,24)/t14-/m1/s1. The van der Waals surface area contributed by atoms with Gasteiger partial charge in [0.15, 0.2) is 0 Å². The van der Waals surface area contributed by atoms with Crippen LogP contribution in [0.5, 0.6) is 0 Å². The van der Waals surface area contributed by atoms with Crippen LogP contribution in [0.1, 0.15) is 24.1 Å². The van der Waals surface area contributed by atoms with Crippen molar-refractivity contribution in [1.29, 1.82) is 0 Å². The van der Waals surface area contributed by atoms with Crippen LogP contribution >= 0.6 is 0 Å². The first-order valence-electron chi connectivity index (χ1n) is 7.75. The maximum absolute atomic E-state index is 13.0. The van der Waals surface area contributed by atoms with Gasteiger partial charge >= 0.3 is 18.2 Å². The fraction of sp³-hybridized carbons (Fsp3) is 0.412. The van der Waals surface area contributed by atoms with E-state index in [1.165, 1.54) is 38.1 Å². The maximum atomic E-state index is 13.0. The number of nitrogens with zero attached hydrogens (tertiary/aromatic N) is 1. The lowest BCUT2D eigenvalue weighted by atomic mass is 9.94. The Morgan fingerprint density at radius 1 is 1.31 bits per heavy atom. The lowest BCUT2D eigenvalue weighted by Crippen LogP contribution is -2.46. The van der Waals surface area contributed by atoms with Crippen molar-refractivity contribution >= 4 is 12.0 Å². The normalized spacial score (nSPS) is 18.0. The summed E-state index contributed by atoms with van der Waals surface area (Å²) >= 11 is 0. The minimum Gasteiger partial charge on any atom is -0.460 e. The number of alkyl halides is 3. The van der Waals surface area contributed by atoms with Crippen molar-refractivity contribution in [3.05, 3.63) is 46.7 Å². The van der Waals surface area contributed by atoms with Crippen LogP contribution in [0.3, 0.4) is 0 Å². The van der Waals surface area contributed by atoms with Crippen molar-refractivity contribution in [3.63, 3.8) is 0 Å². The molecule has 0 fully saturated rings. The van der Waals surface area contributed by atoms with Crippen molar-refractivity contribution in [2.75, 3.05) is 27.4 Å². The number of nitrogens with one attached hydrogen (secondary N) is 1. The fourth-order valence-electron chi connectivity index (χ4n) is 2.54. The van der Waals surface area contributed by atoms with Crippen molar-refractivity contribution < 1.29 is 32.2 Å². The fourth-order valence-corrected chi connectivity index (χ4v) is 2.54. The summed E-state index contributed by atoms with van der Waals surface area (Å²) in [6.07, 6.45) is -4.54. The Hall–Kier alpha value is -2.55. The summed E-state index contributed by atoms with van der Waals surface area (Å²) in [5.74, 6) is -0.728. The number of methoxy groups -OCH3 is 1. The van der Waals surface area contributed by atoms with E-state index < -0.39 is 29.8 Å². The quantitative estimate of drug-likeness (QED) is 0.638. The molecule has 2 amide bonds. The summed E-state index contributed by atoms with van der Waals surface area (Å²) in [6.45, 7) is 1.69. The molecule has 1 N–H and O–H groups in total. The predicted octanol–water partition coefficient (Wildman–Crippen LogP) is 2.87. The molecule has 1 aliphatic heterocycles. The molecule has 2 rings (SSSR count). The second-order valence-corrected chi connectivity index (χ2v) is 5.69. The molecule has 0 aromatic heterocycles. The molecule has 1 atom stereocenters. The Morgan fingerprint density at radius 2 is 2.00 bits per heavy atom. The van der Waals surface area contributed by atoms with Gasteiger partial charge in [-0.2, -0.15) is 13.2 Å². The highest BCUT2D eigenvalue weighted by atomic mass is 19.4. The zero-order valence-electron chi connectivity index (χ0n) is 14.5. The first kappa shape index (κ1) is 19.8. The Kier molecular flexibility index (Phi) is 5.91. The number of allylic oxidation sites excluding steroid dienone is 1. The summed E-state index contributed by atoms with van der Waals surface area (Å²) in [7, 11) is 2.90.